The topological polar surface area (TPSA) is 44.4 Å². The molecule has 0 bridgehead atoms. The molecule has 1 amide bonds. The van der Waals surface area contributed by atoms with Crippen molar-refractivity contribution in [2.45, 2.75) is 37.9 Å². The Labute approximate surface area is 120 Å². The summed E-state index contributed by atoms with van der Waals surface area (Å²) in [5.74, 6) is 0.239. The zero-order chi connectivity index (χ0) is 13.8. The number of hydrogen-bond acceptors (Lipinski definition) is 3. The molecule has 0 radical (unpaired) electrons. The number of nitrogens with zero attached hydrogens (tertiary/aromatic N) is 1. The molecule has 4 heteroatoms. The molecule has 2 aliphatic rings. The van der Waals surface area contributed by atoms with E-state index in [1.165, 1.54) is 5.56 Å². The monoisotopic (exact) mass is 273 g/mol. The van der Waals surface area contributed by atoms with Gasteiger partial charge in [0.2, 0.25) is 5.91 Å². The highest BCUT2D eigenvalue weighted by molar-refractivity contribution is 5.79. The first-order chi connectivity index (χ1) is 9.83. The zero-order valence-corrected chi connectivity index (χ0v) is 11.8. The van der Waals surface area contributed by atoms with Crippen LogP contribution in [-0.2, 0) is 11.3 Å². The number of amides is 1. The molecular formula is C16H23N3O. The van der Waals surface area contributed by atoms with Crippen LogP contribution in [0, 0.1) is 0 Å². The molecule has 0 spiro atoms. The molecule has 1 aliphatic carbocycles. The standard InChI is InChI=1S/C16H23N3O/c20-16(11-18-14-8-9-17-10-14)19(15-6-7-15)12-13-4-2-1-3-5-13/h1-5,14-15,17-18H,6-12H2. The van der Waals surface area contributed by atoms with Crippen molar-refractivity contribution in [1.29, 1.82) is 0 Å². The van der Waals surface area contributed by atoms with Crippen LogP contribution >= 0.6 is 0 Å². The first kappa shape index (κ1) is 13.6. The molecule has 1 aliphatic heterocycles. The summed E-state index contributed by atoms with van der Waals surface area (Å²) in [6.07, 6.45) is 3.43. The van der Waals surface area contributed by atoms with Gasteiger partial charge >= 0.3 is 0 Å². The Kier molecular flexibility index (Phi) is 4.33. The maximum atomic E-state index is 12.4. The molecule has 1 aromatic rings. The van der Waals surface area contributed by atoms with Crippen LogP contribution in [-0.4, -0.2) is 42.5 Å². The van der Waals surface area contributed by atoms with Crippen LogP contribution in [0.5, 0.6) is 0 Å². The molecule has 2 N–H and O–H groups in total. The Morgan fingerprint density at radius 3 is 2.70 bits per heavy atom. The Bertz CT molecular complexity index is 438. The predicted molar refractivity (Wildman–Crippen MR) is 79.3 cm³/mol. The summed E-state index contributed by atoms with van der Waals surface area (Å²) >= 11 is 0. The highest BCUT2D eigenvalue weighted by Gasteiger charge is 2.32. The van der Waals surface area contributed by atoms with E-state index in [2.05, 4.69) is 22.8 Å². The number of nitrogens with one attached hydrogen (secondary N) is 2. The highest BCUT2D eigenvalue weighted by Crippen LogP contribution is 2.28. The van der Waals surface area contributed by atoms with Crippen molar-refractivity contribution in [3.05, 3.63) is 35.9 Å². The van der Waals surface area contributed by atoms with E-state index in [0.717, 1.165) is 38.9 Å². The minimum absolute atomic E-state index is 0.239. The van der Waals surface area contributed by atoms with Gasteiger partial charge in [0.25, 0.3) is 0 Å². The van der Waals surface area contributed by atoms with Crippen molar-refractivity contribution in [3.8, 4) is 0 Å². The zero-order valence-electron chi connectivity index (χ0n) is 11.8. The fourth-order valence-electron chi connectivity index (χ4n) is 2.75. The quantitative estimate of drug-likeness (QED) is 0.816. The Morgan fingerprint density at radius 2 is 2.05 bits per heavy atom. The van der Waals surface area contributed by atoms with Crippen LogP contribution in [0.1, 0.15) is 24.8 Å². The van der Waals surface area contributed by atoms with E-state index in [4.69, 9.17) is 0 Å². The average molecular weight is 273 g/mol. The molecule has 108 valence electrons. The van der Waals surface area contributed by atoms with Gasteiger partial charge < -0.3 is 15.5 Å². The van der Waals surface area contributed by atoms with Crippen molar-refractivity contribution in [2.75, 3.05) is 19.6 Å². The van der Waals surface area contributed by atoms with Crippen molar-refractivity contribution in [2.24, 2.45) is 0 Å². The summed E-state index contributed by atoms with van der Waals surface area (Å²) in [6.45, 7) is 3.25. The summed E-state index contributed by atoms with van der Waals surface area (Å²) in [5, 5.41) is 6.69. The normalized spacial score (nSPS) is 21.9. The van der Waals surface area contributed by atoms with Gasteiger partial charge in [0, 0.05) is 25.2 Å². The Hall–Kier alpha value is -1.39. The van der Waals surface area contributed by atoms with Gasteiger partial charge in [-0.15, -0.1) is 0 Å². The van der Waals surface area contributed by atoms with Crippen molar-refractivity contribution in [3.63, 3.8) is 0 Å². The molecule has 1 saturated carbocycles. The lowest BCUT2D eigenvalue weighted by Gasteiger charge is -2.23. The molecule has 2 fully saturated rings. The van der Waals surface area contributed by atoms with E-state index in [9.17, 15) is 4.79 Å². The molecule has 20 heavy (non-hydrogen) atoms. The van der Waals surface area contributed by atoms with Gasteiger partial charge in [-0.05, 0) is 31.4 Å². The molecule has 3 rings (SSSR count). The van der Waals surface area contributed by atoms with E-state index in [1.807, 2.05) is 23.1 Å². The van der Waals surface area contributed by atoms with Gasteiger partial charge in [0.1, 0.15) is 0 Å². The van der Waals surface area contributed by atoms with Crippen LogP contribution in [0.2, 0.25) is 0 Å². The molecule has 0 aromatic heterocycles. The van der Waals surface area contributed by atoms with E-state index in [-0.39, 0.29) is 5.91 Å². The number of carbonyl (C=O) groups is 1. The third-order valence-corrected chi connectivity index (χ3v) is 4.11. The summed E-state index contributed by atoms with van der Waals surface area (Å²) < 4.78 is 0. The maximum absolute atomic E-state index is 12.4. The van der Waals surface area contributed by atoms with E-state index in [1.54, 1.807) is 0 Å². The molecule has 4 nitrogen and oxygen atoms in total. The van der Waals surface area contributed by atoms with E-state index >= 15 is 0 Å². The van der Waals surface area contributed by atoms with Crippen LogP contribution in [0.4, 0.5) is 0 Å². The molecule has 1 atom stereocenters. The van der Waals surface area contributed by atoms with E-state index in [0.29, 0.717) is 18.6 Å². The highest BCUT2D eigenvalue weighted by atomic mass is 16.2. The second kappa shape index (κ2) is 6.37. The molecule has 1 heterocycles. The number of rotatable bonds is 6. The second-order valence-electron chi connectivity index (χ2n) is 5.81. The minimum Gasteiger partial charge on any atom is -0.334 e. The Morgan fingerprint density at radius 1 is 1.25 bits per heavy atom. The van der Waals surface area contributed by atoms with Crippen molar-refractivity contribution >= 4 is 5.91 Å². The largest absolute Gasteiger partial charge is 0.334 e. The van der Waals surface area contributed by atoms with Gasteiger partial charge in [0.15, 0.2) is 0 Å². The Balaban J connectivity index is 1.54. The smallest absolute Gasteiger partial charge is 0.237 e. The van der Waals surface area contributed by atoms with Gasteiger partial charge in [-0.1, -0.05) is 30.3 Å². The lowest BCUT2D eigenvalue weighted by atomic mass is 10.2. The lowest BCUT2D eigenvalue weighted by molar-refractivity contribution is -0.131. The number of carbonyl (C=O) groups excluding carboxylic acids is 1. The molecular weight excluding hydrogens is 250 g/mol. The van der Waals surface area contributed by atoms with Crippen LogP contribution < -0.4 is 10.6 Å². The summed E-state index contributed by atoms with van der Waals surface area (Å²) in [5.41, 5.74) is 1.22. The lowest BCUT2D eigenvalue weighted by Crippen LogP contribution is -2.43. The third kappa shape index (κ3) is 3.58. The van der Waals surface area contributed by atoms with Gasteiger partial charge in [-0.3, -0.25) is 4.79 Å². The molecule has 1 unspecified atom stereocenters. The van der Waals surface area contributed by atoms with Gasteiger partial charge in [-0.2, -0.15) is 0 Å². The first-order valence-corrected chi connectivity index (χ1v) is 7.60. The first-order valence-electron chi connectivity index (χ1n) is 7.60. The number of benzene rings is 1. The van der Waals surface area contributed by atoms with Gasteiger partial charge in [0.05, 0.1) is 6.54 Å². The fraction of sp³-hybridized carbons (Fsp3) is 0.562. The van der Waals surface area contributed by atoms with Crippen LogP contribution in [0.15, 0.2) is 30.3 Å². The summed E-state index contributed by atoms with van der Waals surface area (Å²) in [7, 11) is 0. The summed E-state index contributed by atoms with van der Waals surface area (Å²) in [4.78, 5) is 14.5. The minimum atomic E-state index is 0.239. The van der Waals surface area contributed by atoms with Crippen LogP contribution in [0.25, 0.3) is 0 Å². The number of hydrogen-bond donors (Lipinski definition) is 2. The summed E-state index contributed by atoms with van der Waals surface area (Å²) in [6, 6.07) is 11.2. The average Bonchev–Trinajstić information content (AvgIpc) is 3.19. The fourth-order valence-corrected chi connectivity index (χ4v) is 2.75. The van der Waals surface area contributed by atoms with Crippen LogP contribution in [0.3, 0.4) is 0 Å². The molecule has 1 saturated heterocycles. The van der Waals surface area contributed by atoms with Gasteiger partial charge in [-0.25, -0.2) is 0 Å². The van der Waals surface area contributed by atoms with E-state index < -0.39 is 0 Å². The second-order valence-corrected chi connectivity index (χ2v) is 5.81. The SMILES string of the molecule is O=C(CNC1CCNC1)N(Cc1ccccc1)C1CC1. The predicted octanol–water partition coefficient (Wildman–Crippen LogP) is 1.13. The maximum Gasteiger partial charge on any atom is 0.237 e. The van der Waals surface area contributed by atoms with Crippen molar-refractivity contribution < 1.29 is 4.79 Å². The third-order valence-electron chi connectivity index (χ3n) is 4.11. The van der Waals surface area contributed by atoms with Crippen molar-refractivity contribution in [1.82, 2.24) is 15.5 Å². The molecule has 1 aromatic carbocycles.